The van der Waals surface area contributed by atoms with Crippen molar-refractivity contribution in [3.8, 4) is 0 Å². The first-order valence-corrected chi connectivity index (χ1v) is 8.74. The number of rotatable bonds is 3. The fourth-order valence-electron chi connectivity index (χ4n) is 3.97. The molecule has 0 bridgehead atoms. The fourth-order valence-corrected chi connectivity index (χ4v) is 3.97. The molecular weight excluding hydrogens is 320 g/mol. The van der Waals surface area contributed by atoms with Gasteiger partial charge in [-0.05, 0) is 55.0 Å². The maximum atomic E-state index is 12.6. The molecule has 4 heteroatoms. The van der Waals surface area contributed by atoms with Crippen LogP contribution in [0, 0.1) is 5.92 Å². The highest BCUT2D eigenvalue weighted by molar-refractivity contribution is 5.89. The summed E-state index contributed by atoms with van der Waals surface area (Å²) in [5.74, 6) is 0.799. The molecule has 2 N–H and O–H groups in total. The Morgan fingerprint density at radius 2 is 1.92 bits per heavy atom. The van der Waals surface area contributed by atoms with Crippen LogP contribution in [0.2, 0.25) is 0 Å². The lowest BCUT2D eigenvalue weighted by molar-refractivity contribution is -0.123. The van der Waals surface area contributed by atoms with E-state index in [1.54, 1.807) is 0 Å². The van der Waals surface area contributed by atoms with E-state index in [2.05, 4.69) is 60.0 Å². The maximum absolute atomic E-state index is 12.6. The van der Waals surface area contributed by atoms with Gasteiger partial charge in [-0.25, -0.2) is 0 Å². The van der Waals surface area contributed by atoms with Gasteiger partial charge in [0.2, 0.25) is 5.91 Å². The van der Waals surface area contributed by atoms with Crippen LogP contribution in [0.5, 0.6) is 0 Å². The highest BCUT2D eigenvalue weighted by atomic mass is 35.5. The molecule has 128 valence electrons. The fraction of sp³-hybridized carbons (Fsp3) is 0.450. The third-order valence-corrected chi connectivity index (χ3v) is 5.32. The zero-order valence-corrected chi connectivity index (χ0v) is 14.8. The van der Waals surface area contributed by atoms with Crippen molar-refractivity contribution >= 4 is 29.1 Å². The van der Waals surface area contributed by atoms with Crippen molar-refractivity contribution in [3.05, 3.63) is 48.0 Å². The molecule has 1 saturated carbocycles. The summed E-state index contributed by atoms with van der Waals surface area (Å²) in [5, 5.41) is 9.28. The van der Waals surface area contributed by atoms with Crippen LogP contribution in [0.3, 0.4) is 0 Å². The molecule has 1 saturated heterocycles. The summed E-state index contributed by atoms with van der Waals surface area (Å²) in [4.78, 5) is 12.6. The second kappa shape index (κ2) is 7.12. The standard InChI is InChI=1S/C20H24N2O.ClH/c1-13-11-15(9-10-21-13)22-20(23)19-12-18(19)17-8-4-6-14-5-2-3-7-16(14)17;/h2-8,13,15,18-19,21H,9-12H2,1H3,(H,22,23);1H. The normalized spacial score (nSPS) is 28.9. The van der Waals surface area contributed by atoms with Gasteiger partial charge in [-0.3, -0.25) is 4.79 Å². The number of hydrogen-bond donors (Lipinski definition) is 2. The summed E-state index contributed by atoms with van der Waals surface area (Å²) in [6.45, 7) is 3.19. The molecular formula is C20H25ClN2O. The van der Waals surface area contributed by atoms with E-state index in [4.69, 9.17) is 0 Å². The molecule has 3 nitrogen and oxygen atoms in total. The third kappa shape index (κ3) is 3.42. The molecule has 24 heavy (non-hydrogen) atoms. The second-order valence-corrected chi connectivity index (χ2v) is 7.10. The summed E-state index contributed by atoms with van der Waals surface area (Å²) in [7, 11) is 0. The number of nitrogens with one attached hydrogen (secondary N) is 2. The number of carbonyl (C=O) groups excluding carboxylic acids is 1. The lowest BCUT2D eigenvalue weighted by Gasteiger charge is -2.28. The number of carbonyl (C=O) groups is 1. The van der Waals surface area contributed by atoms with Crippen LogP contribution < -0.4 is 10.6 Å². The van der Waals surface area contributed by atoms with E-state index in [0.29, 0.717) is 18.0 Å². The Balaban J connectivity index is 0.00000169. The molecule has 1 amide bonds. The Labute approximate surface area is 149 Å². The number of piperidine rings is 1. The molecule has 1 aliphatic carbocycles. The Kier molecular flexibility index (Phi) is 5.12. The molecule has 4 rings (SSSR count). The molecule has 0 spiro atoms. The SMILES string of the molecule is CC1CC(NC(=O)C2CC2c2cccc3ccccc23)CCN1.Cl. The molecule has 0 aromatic heterocycles. The lowest BCUT2D eigenvalue weighted by atomic mass is 9.99. The van der Waals surface area contributed by atoms with Gasteiger partial charge < -0.3 is 10.6 Å². The minimum atomic E-state index is 0. The average Bonchev–Trinajstić information content (AvgIpc) is 3.35. The summed E-state index contributed by atoms with van der Waals surface area (Å²) in [6, 6.07) is 15.8. The van der Waals surface area contributed by atoms with Crippen molar-refractivity contribution in [2.75, 3.05) is 6.54 Å². The maximum Gasteiger partial charge on any atom is 0.223 e. The number of halogens is 1. The van der Waals surface area contributed by atoms with Crippen LogP contribution in [0.25, 0.3) is 10.8 Å². The van der Waals surface area contributed by atoms with Crippen molar-refractivity contribution in [2.45, 2.75) is 44.2 Å². The van der Waals surface area contributed by atoms with Crippen LogP contribution >= 0.6 is 12.4 Å². The number of fused-ring (bicyclic) bond motifs is 1. The predicted molar refractivity (Wildman–Crippen MR) is 101 cm³/mol. The zero-order valence-electron chi connectivity index (χ0n) is 14.0. The van der Waals surface area contributed by atoms with Crippen LogP contribution in [0.1, 0.15) is 37.7 Å². The molecule has 0 radical (unpaired) electrons. The zero-order chi connectivity index (χ0) is 15.8. The van der Waals surface area contributed by atoms with Crippen molar-refractivity contribution in [1.29, 1.82) is 0 Å². The van der Waals surface area contributed by atoms with E-state index < -0.39 is 0 Å². The minimum Gasteiger partial charge on any atom is -0.353 e. The average molecular weight is 345 g/mol. The van der Waals surface area contributed by atoms with Crippen LogP contribution in [-0.2, 0) is 4.79 Å². The highest BCUT2D eigenvalue weighted by Gasteiger charge is 2.45. The van der Waals surface area contributed by atoms with E-state index in [0.717, 1.165) is 25.8 Å². The lowest BCUT2D eigenvalue weighted by Crippen LogP contribution is -2.47. The topological polar surface area (TPSA) is 41.1 Å². The summed E-state index contributed by atoms with van der Waals surface area (Å²) in [5.41, 5.74) is 1.34. The van der Waals surface area contributed by atoms with Gasteiger partial charge >= 0.3 is 0 Å². The Morgan fingerprint density at radius 3 is 2.75 bits per heavy atom. The summed E-state index contributed by atoms with van der Waals surface area (Å²) in [6.07, 6.45) is 3.07. The molecule has 4 atom stereocenters. The minimum absolute atomic E-state index is 0. The molecule has 1 heterocycles. The first-order chi connectivity index (χ1) is 11.2. The van der Waals surface area contributed by atoms with Gasteiger partial charge in [0.05, 0.1) is 0 Å². The van der Waals surface area contributed by atoms with Crippen molar-refractivity contribution < 1.29 is 4.79 Å². The van der Waals surface area contributed by atoms with Gasteiger partial charge in [-0.1, -0.05) is 42.5 Å². The van der Waals surface area contributed by atoms with E-state index in [-0.39, 0.29) is 24.2 Å². The Bertz CT molecular complexity index is 727. The first kappa shape index (κ1) is 17.2. The molecule has 1 aliphatic heterocycles. The van der Waals surface area contributed by atoms with Gasteiger partial charge in [-0.2, -0.15) is 0 Å². The molecule has 2 aromatic rings. The van der Waals surface area contributed by atoms with E-state index in [1.165, 1.54) is 16.3 Å². The summed E-state index contributed by atoms with van der Waals surface area (Å²) < 4.78 is 0. The van der Waals surface area contributed by atoms with E-state index in [1.807, 2.05) is 0 Å². The van der Waals surface area contributed by atoms with Crippen LogP contribution in [0.15, 0.2) is 42.5 Å². The van der Waals surface area contributed by atoms with Crippen molar-refractivity contribution in [1.82, 2.24) is 10.6 Å². The van der Waals surface area contributed by atoms with Gasteiger partial charge in [0.25, 0.3) is 0 Å². The summed E-state index contributed by atoms with van der Waals surface area (Å²) >= 11 is 0. The molecule has 2 aliphatic rings. The number of amides is 1. The molecule has 2 aromatic carbocycles. The second-order valence-electron chi connectivity index (χ2n) is 7.10. The van der Waals surface area contributed by atoms with Gasteiger partial charge in [0.15, 0.2) is 0 Å². The predicted octanol–water partition coefficient (Wildman–Crippen LogP) is 3.62. The molecule has 2 fully saturated rings. The third-order valence-electron chi connectivity index (χ3n) is 5.32. The smallest absolute Gasteiger partial charge is 0.223 e. The largest absolute Gasteiger partial charge is 0.353 e. The Morgan fingerprint density at radius 1 is 1.12 bits per heavy atom. The van der Waals surface area contributed by atoms with E-state index >= 15 is 0 Å². The first-order valence-electron chi connectivity index (χ1n) is 8.74. The van der Waals surface area contributed by atoms with Crippen molar-refractivity contribution in [2.24, 2.45) is 5.92 Å². The van der Waals surface area contributed by atoms with Crippen molar-refractivity contribution in [3.63, 3.8) is 0 Å². The van der Waals surface area contributed by atoms with Gasteiger partial charge in [0.1, 0.15) is 0 Å². The Hall–Kier alpha value is -1.58. The number of hydrogen-bond acceptors (Lipinski definition) is 2. The van der Waals surface area contributed by atoms with Crippen LogP contribution in [-0.4, -0.2) is 24.5 Å². The number of benzene rings is 2. The van der Waals surface area contributed by atoms with Gasteiger partial charge in [0, 0.05) is 18.0 Å². The van der Waals surface area contributed by atoms with Gasteiger partial charge in [-0.15, -0.1) is 12.4 Å². The van der Waals surface area contributed by atoms with E-state index in [9.17, 15) is 4.79 Å². The quantitative estimate of drug-likeness (QED) is 0.892. The monoisotopic (exact) mass is 344 g/mol. The molecule has 4 unspecified atom stereocenters. The van der Waals surface area contributed by atoms with Crippen LogP contribution in [0.4, 0.5) is 0 Å². The highest BCUT2D eigenvalue weighted by Crippen LogP contribution is 2.49.